The topological polar surface area (TPSA) is 83.5 Å². The Bertz CT molecular complexity index is 307. The minimum Gasteiger partial charge on any atom is -0.508 e. The van der Waals surface area contributed by atoms with E-state index in [9.17, 15) is 4.79 Å². The van der Waals surface area contributed by atoms with E-state index in [2.05, 4.69) is 0 Å². The highest BCUT2D eigenvalue weighted by Crippen LogP contribution is 2.09. The van der Waals surface area contributed by atoms with Crippen LogP contribution in [0.25, 0.3) is 0 Å². The minimum absolute atomic E-state index is 0.231. The largest absolute Gasteiger partial charge is 0.508 e. The van der Waals surface area contributed by atoms with E-state index in [1.807, 2.05) is 26.0 Å². The zero-order chi connectivity index (χ0) is 14.6. The molecule has 4 N–H and O–H groups in total. The van der Waals surface area contributed by atoms with Gasteiger partial charge in [0.1, 0.15) is 5.75 Å². The lowest BCUT2D eigenvalue weighted by atomic mass is 10.1. The molecule has 0 radical (unpaired) electrons. The number of aliphatic carboxylic acids is 1. The van der Waals surface area contributed by atoms with Crippen LogP contribution in [0.3, 0.4) is 0 Å². The molecule has 0 fully saturated rings. The van der Waals surface area contributed by atoms with Crippen LogP contribution in [0.2, 0.25) is 0 Å². The summed E-state index contributed by atoms with van der Waals surface area (Å²) in [6, 6.07) is 7.10. The molecule has 0 unspecified atom stereocenters. The van der Waals surface area contributed by atoms with Gasteiger partial charge < -0.3 is 15.9 Å². The summed E-state index contributed by atoms with van der Waals surface area (Å²) in [4.78, 5) is 9.70. The number of rotatable bonds is 3. The van der Waals surface area contributed by atoms with Crippen molar-refractivity contribution in [3.63, 3.8) is 0 Å². The Morgan fingerprint density at radius 3 is 1.89 bits per heavy atom. The average molecular weight is 255 g/mol. The quantitative estimate of drug-likeness (QED) is 0.775. The number of nitrogens with two attached hydrogens (primary N) is 1. The number of benzene rings is 1. The molecule has 1 aromatic carbocycles. The van der Waals surface area contributed by atoms with Crippen molar-refractivity contribution in [2.24, 2.45) is 11.7 Å². The van der Waals surface area contributed by atoms with Gasteiger partial charge in [-0.05, 0) is 30.7 Å². The van der Waals surface area contributed by atoms with Crippen molar-refractivity contribution in [3.8, 4) is 5.75 Å². The molecule has 0 heterocycles. The van der Waals surface area contributed by atoms with Crippen molar-refractivity contribution in [2.45, 2.75) is 34.1 Å². The third kappa shape index (κ3) is 11.0. The molecular formula is C14H25NO3. The molecule has 0 aliphatic carbocycles. The van der Waals surface area contributed by atoms with E-state index in [0.29, 0.717) is 12.3 Å². The molecule has 0 aliphatic heterocycles. The van der Waals surface area contributed by atoms with Crippen molar-refractivity contribution >= 4 is 5.97 Å². The maximum absolute atomic E-state index is 9.70. The van der Waals surface area contributed by atoms with Crippen molar-refractivity contribution in [1.29, 1.82) is 0 Å². The summed E-state index contributed by atoms with van der Waals surface area (Å²) in [5.41, 5.74) is 6.50. The molecule has 4 nitrogen and oxygen atoms in total. The van der Waals surface area contributed by atoms with E-state index in [4.69, 9.17) is 15.9 Å². The number of hydrogen-bond acceptors (Lipinski definition) is 3. The summed E-state index contributed by atoms with van der Waals surface area (Å²) in [5, 5.41) is 16.9. The fourth-order valence-corrected chi connectivity index (χ4v) is 0.829. The Hall–Kier alpha value is -1.55. The van der Waals surface area contributed by atoms with E-state index < -0.39 is 5.97 Å². The van der Waals surface area contributed by atoms with Gasteiger partial charge in [0.05, 0.1) is 5.92 Å². The fraction of sp³-hybridized carbons (Fsp3) is 0.500. The van der Waals surface area contributed by atoms with Crippen molar-refractivity contribution in [1.82, 2.24) is 0 Å². The fourth-order valence-electron chi connectivity index (χ4n) is 0.829. The first kappa shape index (κ1) is 18.8. The van der Waals surface area contributed by atoms with Gasteiger partial charge in [0, 0.05) is 0 Å². The number of carboxylic acid groups (broad SMARTS) is 1. The number of phenolic OH excluding ortho intramolecular Hbond substituents is 1. The monoisotopic (exact) mass is 255 g/mol. The summed E-state index contributed by atoms with van der Waals surface area (Å²) < 4.78 is 0. The van der Waals surface area contributed by atoms with Crippen LogP contribution in [0.4, 0.5) is 0 Å². The van der Waals surface area contributed by atoms with Crippen LogP contribution in [-0.4, -0.2) is 22.7 Å². The summed E-state index contributed by atoms with van der Waals surface area (Å²) >= 11 is 0. The highest BCUT2D eigenvalue weighted by atomic mass is 16.4. The number of carboxylic acids is 1. The lowest BCUT2D eigenvalue weighted by Crippen LogP contribution is -2.03. The Kier molecular flexibility index (Phi) is 12.5. The summed E-state index contributed by atoms with van der Waals surface area (Å²) in [6.45, 7) is 7.94. The first-order valence-electron chi connectivity index (χ1n) is 6.18. The standard InChI is InChI=1S/C8H11NO.C4H8O2.C2H6/c9-6-5-7-1-3-8(10)4-2-7;1-3(2)4(5)6;1-2/h1-4,10H,5-6,9H2;3H,1-2H3,(H,5,6);1-2H3. The Balaban J connectivity index is 0. The van der Waals surface area contributed by atoms with Crippen LogP contribution < -0.4 is 5.73 Å². The number of phenols is 1. The maximum atomic E-state index is 9.70. The third-order valence-electron chi connectivity index (χ3n) is 1.86. The average Bonchev–Trinajstić information content (AvgIpc) is 2.35. The minimum atomic E-state index is -0.741. The lowest BCUT2D eigenvalue weighted by Gasteiger charge is -1.96. The molecule has 0 spiro atoms. The van der Waals surface area contributed by atoms with Crippen LogP contribution in [0.15, 0.2) is 24.3 Å². The molecule has 0 saturated carbocycles. The van der Waals surface area contributed by atoms with Crippen LogP contribution in [0.5, 0.6) is 5.75 Å². The molecule has 0 aliphatic rings. The Morgan fingerprint density at radius 2 is 1.61 bits per heavy atom. The van der Waals surface area contributed by atoms with Crippen molar-refractivity contribution < 1.29 is 15.0 Å². The molecule has 0 saturated heterocycles. The van der Waals surface area contributed by atoms with Crippen molar-refractivity contribution in [2.75, 3.05) is 6.54 Å². The molecule has 18 heavy (non-hydrogen) atoms. The second-order valence-electron chi connectivity index (χ2n) is 3.70. The van der Waals surface area contributed by atoms with Crippen LogP contribution in [-0.2, 0) is 11.2 Å². The molecular weight excluding hydrogens is 230 g/mol. The van der Waals surface area contributed by atoms with E-state index in [-0.39, 0.29) is 5.92 Å². The summed E-state index contributed by atoms with van der Waals surface area (Å²) in [6.07, 6.45) is 0.875. The first-order valence-corrected chi connectivity index (χ1v) is 6.18. The first-order chi connectivity index (χ1) is 8.47. The highest BCUT2D eigenvalue weighted by molar-refractivity contribution is 5.68. The predicted octanol–water partition coefficient (Wildman–Crippen LogP) is 2.65. The molecule has 0 aromatic heterocycles. The summed E-state index contributed by atoms with van der Waals surface area (Å²) in [5.74, 6) is -0.666. The Labute approximate surface area is 109 Å². The van der Waals surface area contributed by atoms with Crippen LogP contribution in [0.1, 0.15) is 33.3 Å². The molecule has 1 rings (SSSR count). The Morgan fingerprint density at radius 1 is 1.22 bits per heavy atom. The lowest BCUT2D eigenvalue weighted by molar-refractivity contribution is -0.140. The number of aromatic hydroxyl groups is 1. The third-order valence-corrected chi connectivity index (χ3v) is 1.86. The van der Waals surface area contributed by atoms with Crippen molar-refractivity contribution in [3.05, 3.63) is 29.8 Å². The smallest absolute Gasteiger partial charge is 0.305 e. The van der Waals surface area contributed by atoms with Crippen LogP contribution in [0, 0.1) is 5.92 Å². The van der Waals surface area contributed by atoms with E-state index in [1.54, 1.807) is 26.0 Å². The van der Waals surface area contributed by atoms with E-state index in [0.717, 1.165) is 6.42 Å². The normalized spacial score (nSPS) is 8.78. The molecule has 0 bridgehead atoms. The van der Waals surface area contributed by atoms with Gasteiger partial charge in [-0.25, -0.2) is 0 Å². The van der Waals surface area contributed by atoms with Crippen LogP contribution >= 0.6 is 0 Å². The van der Waals surface area contributed by atoms with Gasteiger partial charge in [-0.2, -0.15) is 0 Å². The van der Waals surface area contributed by atoms with Gasteiger partial charge in [-0.15, -0.1) is 0 Å². The number of hydrogen-bond donors (Lipinski definition) is 3. The zero-order valence-corrected chi connectivity index (χ0v) is 11.7. The highest BCUT2D eigenvalue weighted by Gasteiger charge is 1.99. The van der Waals surface area contributed by atoms with Gasteiger partial charge in [-0.3, -0.25) is 4.79 Å². The van der Waals surface area contributed by atoms with E-state index >= 15 is 0 Å². The number of carbonyl (C=O) groups is 1. The molecule has 1 aromatic rings. The van der Waals surface area contributed by atoms with Gasteiger partial charge in [-0.1, -0.05) is 39.8 Å². The molecule has 104 valence electrons. The van der Waals surface area contributed by atoms with Gasteiger partial charge in [0.2, 0.25) is 0 Å². The predicted molar refractivity (Wildman–Crippen MR) is 74.7 cm³/mol. The molecule has 4 heteroatoms. The maximum Gasteiger partial charge on any atom is 0.305 e. The van der Waals surface area contributed by atoms with Gasteiger partial charge >= 0.3 is 5.97 Å². The molecule has 0 amide bonds. The second kappa shape index (κ2) is 11.9. The van der Waals surface area contributed by atoms with Gasteiger partial charge in [0.25, 0.3) is 0 Å². The second-order valence-corrected chi connectivity index (χ2v) is 3.70. The van der Waals surface area contributed by atoms with Gasteiger partial charge in [0.15, 0.2) is 0 Å². The SMILES string of the molecule is CC.CC(C)C(=O)O.NCCc1ccc(O)cc1. The zero-order valence-electron chi connectivity index (χ0n) is 11.7. The molecule has 0 atom stereocenters. The van der Waals surface area contributed by atoms with E-state index in [1.165, 1.54) is 5.56 Å². The summed E-state index contributed by atoms with van der Waals surface area (Å²) in [7, 11) is 0.